The van der Waals surface area contributed by atoms with Crippen molar-refractivity contribution < 1.29 is 0 Å². The van der Waals surface area contributed by atoms with Crippen LogP contribution in [0.5, 0.6) is 0 Å². The third-order valence-corrected chi connectivity index (χ3v) is 4.20. The van der Waals surface area contributed by atoms with Crippen molar-refractivity contribution in [3.8, 4) is 0 Å². The second-order valence-electron chi connectivity index (χ2n) is 5.48. The van der Waals surface area contributed by atoms with E-state index in [1.165, 1.54) is 5.56 Å². The zero-order chi connectivity index (χ0) is 16.9. The molecule has 0 radical (unpaired) electrons. The van der Waals surface area contributed by atoms with E-state index >= 15 is 0 Å². The molecule has 2 aromatic carbocycles. The number of halogens is 1. The molecule has 0 aliphatic carbocycles. The Balaban J connectivity index is 1.72. The maximum absolute atomic E-state index is 6.16. The highest BCUT2D eigenvalue weighted by atomic mass is 35.5. The van der Waals surface area contributed by atoms with E-state index in [1.807, 2.05) is 36.4 Å². The summed E-state index contributed by atoms with van der Waals surface area (Å²) in [7, 11) is 0. The van der Waals surface area contributed by atoms with Gasteiger partial charge in [0.05, 0.1) is 6.20 Å². The molecule has 5 nitrogen and oxygen atoms in total. The first-order valence-corrected chi connectivity index (χ1v) is 8.01. The van der Waals surface area contributed by atoms with Crippen LogP contribution < -0.4 is 10.6 Å². The third kappa shape index (κ3) is 3.81. The lowest BCUT2D eigenvalue weighted by atomic mass is 10.1. The van der Waals surface area contributed by atoms with Crippen molar-refractivity contribution in [1.82, 2.24) is 15.2 Å². The lowest BCUT2D eigenvalue weighted by Crippen LogP contribution is -2.06. The van der Waals surface area contributed by atoms with Crippen LogP contribution >= 0.6 is 11.6 Å². The fourth-order valence-electron chi connectivity index (χ4n) is 2.28. The summed E-state index contributed by atoms with van der Waals surface area (Å²) < 4.78 is 0. The first-order chi connectivity index (χ1) is 11.6. The Kier molecular flexibility index (Phi) is 4.91. The van der Waals surface area contributed by atoms with E-state index in [1.54, 1.807) is 6.20 Å². The average molecular weight is 340 g/mol. The van der Waals surface area contributed by atoms with Crippen molar-refractivity contribution in [2.24, 2.45) is 0 Å². The quantitative estimate of drug-likeness (QED) is 0.716. The Labute approximate surface area is 146 Å². The molecule has 3 aromatic rings. The van der Waals surface area contributed by atoms with Gasteiger partial charge in [-0.3, -0.25) is 0 Å². The number of benzene rings is 2. The smallest absolute Gasteiger partial charge is 0.249 e. The van der Waals surface area contributed by atoms with Gasteiger partial charge in [0.1, 0.15) is 0 Å². The van der Waals surface area contributed by atoms with Crippen LogP contribution in [-0.4, -0.2) is 15.2 Å². The Morgan fingerprint density at radius 2 is 1.88 bits per heavy atom. The second-order valence-corrected chi connectivity index (χ2v) is 5.89. The molecular weight excluding hydrogens is 322 g/mol. The van der Waals surface area contributed by atoms with Crippen LogP contribution in [-0.2, 0) is 6.54 Å². The average Bonchev–Trinajstić information content (AvgIpc) is 2.59. The second kappa shape index (κ2) is 7.27. The fourth-order valence-corrected chi connectivity index (χ4v) is 2.48. The molecule has 0 fully saturated rings. The van der Waals surface area contributed by atoms with E-state index in [0.717, 1.165) is 21.8 Å². The van der Waals surface area contributed by atoms with Gasteiger partial charge in [0.2, 0.25) is 5.95 Å². The van der Waals surface area contributed by atoms with Gasteiger partial charge < -0.3 is 10.6 Å². The van der Waals surface area contributed by atoms with E-state index in [4.69, 9.17) is 11.6 Å². The highest BCUT2D eigenvalue weighted by Gasteiger charge is 2.05. The fraction of sp³-hybridized carbons (Fsp3) is 0.167. The van der Waals surface area contributed by atoms with Crippen molar-refractivity contribution in [2.75, 3.05) is 10.6 Å². The van der Waals surface area contributed by atoms with Crippen LogP contribution in [0.1, 0.15) is 16.7 Å². The lowest BCUT2D eigenvalue weighted by Gasteiger charge is -2.11. The Morgan fingerprint density at radius 1 is 1.04 bits per heavy atom. The monoisotopic (exact) mass is 339 g/mol. The minimum Gasteiger partial charge on any atom is -0.364 e. The lowest BCUT2D eigenvalue weighted by molar-refractivity contribution is 0.965. The zero-order valence-corrected chi connectivity index (χ0v) is 14.3. The molecular formula is C18H18ClN5. The molecule has 0 atom stereocenters. The molecule has 0 saturated heterocycles. The molecule has 24 heavy (non-hydrogen) atoms. The largest absolute Gasteiger partial charge is 0.364 e. The van der Waals surface area contributed by atoms with Gasteiger partial charge in [-0.25, -0.2) is 0 Å². The van der Waals surface area contributed by atoms with Gasteiger partial charge in [-0.05, 0) is 42.7 Å². The number of aryl methyl sites for hydroxylation is 1. The Bertz CT molecular complexity index is 850. The van der Waals surface area contributed by atoms with Crippen LogP contribution in [0.15, 0.2) is 48.7 Å². The maximum atomic E-state index is 6.16. The topological polar surface area (TPSA) is 62.7 Å². The van der Waals surface area contributed by atoms with Gasteiger partial charge in [0.15, 0.2) is 5.82 Å². The summed E-state index contributed by atoms with van der Waals surface area (Å²) in [6.07, 6.45) is 1.59. The van der Waals surface area contributed by atoms with Crippen LogP contribution in [0.4, 0.5) is 17.5 Å². The van der Waals surface area contributed by atoms with Crippen LogP contribution in [0, 0.1) is 13.8 Å². The van der Waals surface area contributed by atoms with Crippen molar-refractivity contribution in [1.29, 1.82) is 0 Å². The molecule has 0 amide bonds. The van der Waals surface area contributed by atoms with E-state index in [-0.39, 0.29) is 0 Å². The SMILES string of the molecule is Cc1cccc(Nc2nncc(NCc3ccccc3Cl)n2)c1C. The van der Waals surface area contributed by atoms with Crippen LogP contribution in [0.2, 0.25) is 5.02 Å². The van der Waals surface area contributed by atoms with Gasteiger partial charge >= 0.3 is 0 Å². The highest BCUT2D eigenvalue weighted by molar-refractivity contribution is 6.31. The normalized spacial score (nSPS) is 10.5. The van der Waals surface area contributed by atoms with Crippen LogP contribution in [0.3, 0.4) is 0 Å². The molecule has 0 saturated carbocycles. The minimum atomic E-state index is 0.452. The molecule has 0 aliphatic heterocycles. The summed E-state index contributed by atoms with van der Waals surface area (Å²) in [6, 6.07) is 13.8. The molecule has 0 spiro atoms. The van der Waals surface area contributed by atoms with Crippen molar-refractivity contribution in [3.05, 3.63) is 70.4 Å². The predicted molar refractivity (Wildman–Crippen MR) is 97.8 cm³/mol. The number of nitrogens with zero attached hydrogens (tertiary/aromatic N) is 3. The number of nitrogens with one attached hydrogen (secondary N) is 2. The summed E-state index contributed by atoms with van der Waals surface area (Å²) in [5.41, 5.74) is 4.35. The number of hydrogen-bond donors (Lipinski definition) is 2. The zero-order valence-electron chi connectivity index (χ0n) is 13.5. The summed E-state index contributed by atoms with van der Waals surface area (Å²) in [6.45, 7) is 4.70. The molecule has 1 aromatic heterocycles. The van der Waals surface area contributed by atoms with Gasteiger partial charge in [-0.15, -0.1) is 5.10 Å². The summed E-state index contributed by atoms with van der Waals surface area (Å²) in [5, 5.41) is 15.2. The van der Waals surface area contributed by atoms with Gasteiger partial charge in [0.25, 0.3) is 0 Å². The Morgan fingerprint density at radius 3 is 2.71 bits per heavy atom. The highest BCUT2D eigenvalue weighted by Crippen LogP contribution is 2.21. The van der Waals surface area contributed by atoms with E-state index in [0.29, 0.717) is 18.3 Å². The third-order valence-electron chi connectivity index (χ3n) is 3.83. The van der Waals surface area contributed by atoms with Gasteiger partial charge in [-0.1, -0.05) is 41.9 Å². The van der Waals surface area contributed by atoms with Crippen LogP contribution in [0.25, 0.3) is 0 Å². The van der Waals surface area contributed by atoms with E-state index < -0.39 is 0 Å². The number of anilines is 3. The first kappa shape index (κ1) is 16.2. The van der Waals surface area contributed by atoms with E-state index in [2.05, 4.69) is 45.7 Å². The number of aromatic nitrogens is 3. The maximum Gasteiger partial charge on any atom is 0.249 e. The molecule has 6 heteroatoms. The van der Waals surface area contributed by atoms with Crippen molar-refractivity contribution in [2.45, 2.75) is 20.4 Å². The predicted octanol–water partition coefficient (Wildman–Crippen LogP) is 4.50. The minimum absolute atomic E-state index is 0.452. The van der Waals surface area contributed by atoms with Gasteiger partial charge in [0, 0.05) is 17.3 Å². The molecule has 0 unspecified atom stereocenters. The molecule has 0 aliphatic rings. The molecule has 0 bridgehead atoms. The molecule has 3 rings (SSSR count). The summed E-state index contributed by atoms with van der Waals surface area (Å²) >= 11 is 6.16. The molecule has 1 heterocycles. The summed E-state index contributed by atoms with van der Waals surface area (Å²) in [4.78, 5) is 4.44. The summed E-state index contributed by atoms with van der Waals surface area (Å²) in [5.74, 6) is 1.09. The van der Waals surface area contributed by atoms with Crippen molar-refractivity contribution >= 4 is 29.1 Å². The Hall–Kier alpha value is -2.66. The first-order valence-electron chi connectivity index (χ1n) is 7.64. The standard InChI is InChI=1S/C18H18ClN5/c1-12-6-5-9-16(13(12)2)22-18-23-17(11-21-24-18)20-10-14-7-3-4-8-15(14)19/h3-9,11H,10H2,1-2H3,(H2,20,22,23,24). The van der Waals surface area contributed by atoms with E-state index in [9.17, 15) is 0 Å². The molecule has 122 valence electrons. The number of rotatable bonds is 5. The van der Waals surface area contributed by atoms with Gasteiger partial charge in [-0.2, -0.15) is 10.1 Å². The number of hydrogen-bond acceptors (Lipinski definition) is 5. The molecule has 2 N–H and O–H groups in total. The van der Waals surface area contributed by atoms with Crippen molar-refractivity contribution in [3.63, 3.8) is 0 Å².